The summed E-state index contributed by atoms with van der Waals surface area (Å²) in [5.74, 6) is 6.05. The third-order valence-corrected chi connectivity index (χ3v) is 6.18. The van der Waals surface area contributed by atoms with E-state index < -0.39 is 10.0 Å². The van der Waals surface area contributed by atoms with E-state index in [-0.39, 0.29) is 18.0 Å². The third-order valence-electron chi connectivity index (χ3n) is 4.37. The van der Waals surface area contributed by atoms with E-state index in [0.717, 1.165) is 36.0 Å². The predicted molar refractivity (Wildman–Crippen MR) is 115 cm³/mol. The second-order valence-electron chi connectivity index (χ2n) is 6.64. The molecule has 146 valence electrons. The van der Waals surface area contributed by atoms with Crippen LogP contribution in [0, 0.1) is 18.8 Å². The summed E-state index contributed by atoms with van der Waals surface area (Å²) in [6.07, 6.45) is 2.79. The smallest absolute Gasteiger partial charge is 0.207 e. The number of benzene rings is 2. The van der Waals surface area contributed by atoms with Gasteiger partial charge >= 0.3 is 0 Å². The Hall–Kier alpha value is -2.57. The zero-order chi connectivity index (χ0) is 20.4. The minimum absolute atomic E-state index is 0.114. The summed E-state index contributed by atoms with van der Waals surface area (Å²) in [4.78, 5) is 0.276. The first-order valence-corrected chi connectivity index (χ1v) is 10.9. The summed E-state index contributed by atoms with van der Waals surface area (Å²) in [7, 11) is -3.66. The highest BCUT2D eigenvalue weighted by Crippen LogP contribution is 2.19. The molecule has 2 aromatic carbocycles. The molecule has 0 radical (unpaired) electrons. The summed E-state index contributed by atoms with van der Waals surface area (Å²) in [5, 5.41) is 0. The Morgan fingerprint density at radius 3 is 2.36 bits per heavy atom. The zero-order valence-corrected chi connectivity index (χ0v) is 17.4. The molecule has 2 aromatic rings. The monoisotopic (exact) mass is 393 g/mol. The molecular weight excluding hydrogens is 366 g/mol. The third kappa shape index (κ3) is 6.25. The first kappa shape index (κ1) is 21.7. The maximum atomic E-state index is 13.2. The van der Waals surface area contributed by atoms with Gasteiger partial charge in [0.2, 0.25) is 10.0 Å². The van der Waals surface area contributed by atoms with Crippen molar-refractivity contribution in [2.75, 3.05) is 13.1 Å². The number of nitrogens with zero attached hydrogens (tertiary/aromatic N) is 1. The van der Waals surface area contributed by atoms with Crippen LogP contribution in [0.5, 0.6) is 0 Å². The van der Waals surface area contributed by atoms with Crippen molar-refractivity contribution in [3.8, 4) is 11.8 Å². The van der Waals surface area contributed by atoms with Crippen molar-refractivity contribution in [1.82, 2.24) is 4.31 Å². The van der Waals surface area contributed by atoms with Crippen molar-refractivity contribution in [1.29, 1.82) is 0 Å². The van der Waals surface area contributed by atoms with Crippen molar-refractivity contribution >= 4 is 10.0 Å². The van der Waals surface area contributed by atoms with E-state index in [1.54, 1.807) is 12.1 Å². The maximum Gasteiger partial charge on any atom is 0.244 e. The van der Waals surface area contributed by atoms with Gasteiger partial charge in [-0.2, -0.15) is 4.31 Å². The van der Waals surface area contributed by atoms with Gasteiger partial charge in [-0.25, -0.2) is 8.42 Å². The van der Waals surface area contributed by atoms with Crippen molar-refractivity contribution < 1.29 is 8.42 Å². The van der Waals surface area contributed by atoms with Crippen LogP contribution in [0.15, 0.2) is 77.4 Å². The van der Waals surface area contributed by atoms with E-state index in [1.165, 1.54) is 4.31 Å². The average Bonchev–Trinajstić information content (AvgIpc) is 2.70. The second-order valence-corrected chi connectivity index (χ2v) is 8.58. The zero-order valence-electron chi connectivity index (χ0n) is 16.6. The molecule has 3 nitrogen and oxygen atoms in total. The Bertz CT molecular complexity index is 974. The fraction of sp³-hybridized carbons (Fsp3) is 0.292. The van der Waals surface area contributed by atoms with Gasteiger partial charge in [0, 0.05) is 12.1 Å². The quantitative estimate of drug-likeness (QED) is 0.471. The summed E-state index contributed by atoms with van der Waals surface area (Å²) >= 11 is 0. The van der Waals surface area contributed by atoms with Gasteiger partial charge in [0.05, 0.1) is 11.4 Å². The Kier molecular flexibility index (Phi) is 8.29. The molecule has 0 spiro atoms. The molecule has 0 heterocycles. The molecule has 0 N–H and O–H groups in total. The summed E-state index contributed by atoms with van der Waals surface area (Å²) < 4.78 is 27.8. The van der Waals surface area contributed by atoms with E-state index in [4.69, 9.17) is 0 Å². The van der Waals surface area contributed by atoms with Crippen LogP contribution in [0.2, 0.25) is 0 Å². The lowest BCUT2D eigenvalue weighted by Crippen LogP contribution is -2.33. The molecule has 0 saturated heterocycles. The molecule has 28 heavy (non-hydrogen) atoms. The molecule has 0 fully saturated rings. The molecule has 0 unspecified atom stereocenters. The SMILES string of the molecule is C=C=C(CCCC)CN(CC#Cc1ccccc1)S(=O)(=O)c1ccc(C)cc1. The molecule has 0 saturated carbocycles. The molecule has 2 rings (SSSR count). The molecular formula is C24H27NO2S. The molecule has 4 heteroatoms. The number of unbranched alkanes of at least 4 members (excludes halogenated alkanes) is 1. The van der Waals surface area contributed by atoms with E-state index in [2.05, 4.69) is 31.1 Å². The topological polar surface area (TPSA) is 37.4 Å². The van der Waals surface area contributed by atoms with Crippen LogP contribution in [-0.2, 0) is 10.0 Å². The Balaban J connectivity index is 2.30. The fourth-order valence-corrected chi connectivity index (χ4v) is 4.00. The number of hydrogen-bond acceptors (Lipinski definition) is 2. The van der Waals surface area contributed by atoms with Crippen molar-refractivity contribution in [2.45, 2.75) is 38.0 Å². The van der Waals surface area contributed by atoms with Crippen molar-refractivity contribution in [3.63, 3.8) is 0 Å². The van der Waals surface area contributed by atoms with E-state index >= 15 is 0 Å². The lowest BCUT2D eigenvalue weighted by molar-refractivity contribution is 0.466. The fourth-order valence-electron chi connectivity index (χ4n) is 2.66. The van der Waals surface area contributed by atoms with Crippen LogP contribution in [0.1, 0.15) is 37.3 Å². The minimum Gasteiger partial charge on any atom is -0.207 e. The van der Waals surface area contributed by atoms with Crippen LogP contribution in [0.25, 0.3) is 0 Å². The molecule has 0 aliphatic rings. The Labute approximate surface area is 169 Å². The van der Waals surface area contributed by atoms with Crippen molar-refractivity contribution in [3.05, 3.63) is 83.6 Å². The van der Waals surface area contributed by atoms with E-state index in [9.17, 15) is 8.42 Å². The van der Waals surface area contributed by atoms with Gasteiger partial charge in [0.15, 0.2) is 0 Å². The van der Waals surface area contributed by atoms with Crippen molar-refractivity contribution in [2.24, 2.45) is 0 Å². The lowest BCUT2D eigenvalue weighted by atomic mass is 10.1. The molecule has 0 bridgehead atoms. The van der Waals surface area contributed by atoms with Crippen LogP contribution in [0.4, 0.5) is 0 Å². The Morgan fingerprint density at radius 1 is 1.07 bits per heavy atom. The van der Waals surface area contributed by atoms with Crippen LogP contribution >= 0.6 is 0 Å². The lowest BCUT2D eigenvalue weighted by Gasteiger charge is -2.21. The van der Waals surface area contributed by atoms with Gasteiger partial charge in [-0.05, 0) is 49.6 Å². The normalized spacial score (nSPS) is 10.8. The number of sulfonamides is 1. The van der Waals surface area contributed by atoms with Gasteiger partial charge < -0.3 is 0 Å². The van der Waals surface area contributed by atoms with E-state index in [0.29, 0.717) is 0 Å². The molecule has 0 aliphatic carbocycles. The van der Waals surface area contributed by atoms with Crippen LogP contribution in [0.3, 0.4) is 0 Å². The van der Waals surface area contributed by atoms with Gasteiger partial charge in [0.25, 0.3) is 0 Å². The predicted octanol–water partition coefficient (Wildman–Crippen LogP) is 4.94. The van der Waals surface area contributed by atoms with Crippen LogP contribution < -0.4 is 0 Å². The average molecular weight is 394 g/mol. The highest BCUT2D eigenvalue weighted by atomic mass is 32.2. The minimum atomic E-state index is -3.66. The standard InChI is InChI=1S/C24H27NO2S/c1-4-6-11-22(5-2)20-25(19-10-14-23-12-8-7-9-13-23)28(26,27)24-17-15-21(3)16-18-24/h7-9,12-13,15-18H,2,4,6,11,19-20H2,1,3H3. The van der Waals surface area contributed by atoms with Gasteiger partial charge in [-0.15, -0.1) is 5.73 Å². The second kappa shape index (κ2) is 10.7. The highest BCUT2D eigenvalue weighted by molar-refractivity contribution is 7.89. The van der Waals surface area contributed by atoms with Crippen LogP contribution in [-0.4, -0.2) is 25.8 Å². The number of hydrogen-bond donors (Lipinski definition) is 0. The molecule has 0 aromatic heterocycles. The Morgan fingerprint density at radius 2 is 1.75 bits per heavy atom. The summed E-state index contributed by atoms with van der Waals surface area (Å²) in [6.45, 7) is 8.15. The summed E-state index contributed by atoms with van der Waals surface area (Å²) in [5.41, 5.74) is 5.69. The van der Waals surface area contributed by atoms with E-state index in [1.807, 2.05) is 49.4 Å². The van der Waals surface area contributed by atoms with Gasteiger partial charge in [0.1, 0.15) is 0 Å². The van der Waals surface area contributed by atoms with Gasteiger partial charge in [-0.1, -0.05) is 67.7 Å². The van der Waals surface area contributed by atoms with Gasteiger partial charge in [-0.3, -0.25) is 0 Å². The molecule has 0 aliphatic heterocycles. The maximum absolute atomic E-state index is 13.2. The molecule has 0 atom stereocenters. The largest absolute Gasteiger partial charge is 0.244 e. The summed E-state index contributed by atoms with van der Waals surface area (Å²) in [6, 6.07) is 16.5. The number of aryl methyl sites for hydroxylation is 1. The first-order valence-electron chi connectivity index (χ1n) is 9.46. The highest BCUT2D eigenvalue weighted by Gasteiger charge is 2.24. The first-order chi connectivity index (χ1) is 13.5. The molecule has 0 amide bonds. The number of rotatable bonds is 8.